The summed E-state index contributed by atoms with van der Waals surface area (Å²) in [7, 11) is -4.05. The molecule has 1 heterocycles. The lowest BCUT2D eigenvalue weighted by molar-refractivity contribution is -0.123. The monoisotopic (exact) mass is 445 g/mol. The SMILES string of the molecule is C[C@H](NC(=O)[C@H](NS(=O)(=O)c1cccc2cccnc12)c1ccccc1)c1ccccc1. The number of aromatic nitrogens is 1. The highest BCUT2D eigenvalue weighted by atomic mass is 32.2. The highest BCUT2D eigenvalue weighted by Gasteiger charge is 2.29. The summed E-state index contributed by atoms with van der Waals surface area (Å²) < 4.78 is 29.3. The van der Waals surface area contributed by atoms with Gasteiger partial charge in [0.25, 0.3) is 0 Å². The minimum atomic E-state index is -4.05. The average Bonchev–Trinajstić information content (AvgIpc) is 2.83. The van der Waals surface area contributed by atoms with Gasteiger partial charge in [-0.15, -0.1) is 0 Å². The highest BCUT2D eigenvalue weighted by Crippen LogP contribution is 2.24. The van der Waals surface area contributed by atoms with E-state index in [4.69, 9.17) is 0 Å². The molecule has 6 nitrogen and oxygen atoms in total. The van der Waals surface area contributed by atoms with Crippen LogP contribution < -0.4 is 10.0 Å². The predicted molar refractivity (Wildman–Crippen MR) is 124 cm³/mol. The number of hydrogen-bond acceptors (Lipinski definition) is 4. The molecule has 7 heteroatoms. The summed E-state index contributed by atoms with van der Waals surface area (Å²) in [6.45, 7) is 1.86. The van der Waals surface area contributed by atoms with Gasteiger partial charge < -0.3 is 5.32 Å². The van der Waals surface area contributed by atoms with E-state index < -0.39 is 22.0 Å². The zero-order valence-corrected chi connectivity index (χ0v) is 18.3. The molecule has 4 rings (SSSR count). The van der Waals surface area contributed by atoms with Gasteiger partial charge in [-0.25, -0.2) is 8.42 Å². The summed E-state index contributed by atoms with van der Waals surface area (Å²) in [4.78, 5) is 17.5. The summed E-state index contributed by atoms with van der Waals surface area (Å²) in [6.07, 6.45) is 1.55. The maximum atomic E-state index is 13.4. The average molecular weight is 446 g/mol. The third-order valence-electron chi connectivity index (χ3n) is 5.21. The predicted octanol–water partition coefficient (Wildman–Crippen LogP) is 4.13. The number of carbonyl (C=O) groups is 1. The minimum absolute atomic E-state index is 0.0282. The quantitative estimate of drug-likeness (QED) is 0.448. The molecule has 0 unspecified atom stereocenters. The number of rotatable bonds is 7. The molecule has 0 fully saturated rings. The number of sulfonamides is 1. The van der Waals surface area contributed by atoms with Gasteiger partial charge in [0.2, 0.25) is 15.9 Å². The van der Waals surface area contributed by atoms with Crippen LogP contribution in [0.15, 0.2) is 102 Å². The van der Waals surface area contributed by atoms with E-state index in [0.717, 1.165) is 5.56 Å². The number of fused-ring (bicyclic) bond motifs is 1. The second-order valence-corrected chi connectivity index (χ2v) is 9.12. The first-order valence-electron chi connectivity index (χ1n) is 10.2. The van der Waals surface area contributed by atoms with Gasteiger partial charge in [0, 0.05) is 11.6 Å². The van der Waals surface area contributed by atoms with E-state index in [2.05, 4.69) is 15.0 Å². The van der Waals surface area contributed by atoms with Gasteiger partial charge in [0.1, 0.15) is 10.9 Å². The van der Waals surface area contributed by atoms with Crippen LogP contribution >= 0.6 is 0 Å². The lowest BCUT2D eigenvalue weighted by Gasteiger charge is -2.22. The smallest absolute Gasteiger partial charge is 0.243 e. The van der Waals surface area contributed by atoms with Gasteiger partial charge in [-0.1, -0.05) is 78.9 Å². The molecule has 0 saturated carbocycles. The molecular formula is C25H23N3O3S. The van der Waals surface area contributed by atoms with Gasteiger partial charge in [-0.05, 0) is 30.2 Å². The van der Waals surface area contributed by atoms with E-state index in [1.165, 1.54) is 6.07 Å². The van der Waals surface area contributed by atoms with E-state index in [0.29, 0.717) is 16.5 Å². The summed E-state index contributed by atoms with van der Waals surface area (Å²) in [5, 5.41) is 3.63. The molecule has 1 aromatic heterocycles. The van der Waals surface area contributed by atoms with Crippen molar-refractivity contribution in [1.29, 1.82) is 0 Å². The van der Waals surface area contributed by atoms with Crippen LogP contribution in [0.3, 0.4) is 0 Å². The van der Waals surface area contributed by atoms with Crippen LogP contribution in [0.25, 0.3) is 10.9 Å². The Balaban J connectivity index is 1.67. The zero-order chi connectivity index (χ0) is 22.6. The van der Waals surface area contributed by atoms with Crippen LogP contribution in [0.4, 0.5) is 0 Å². The van der Waals surface area contributed by atoms with E-state index in [-0.39, 0.29) is 10.9 Å². The fourth-order valence-electron chi connectivity index (χ4n) is 3.55. The molecule has 2 N–H and O–H groups in total. The van der Waals surface area contributed by atoms with Crippen LogP contribution in [-0.2, 0) is 14.8 Å². The van der Waals surface area contributed by atoms with Gasteiger partial charge in [0.05, 0.1) is 11.6 Å². The fourth-order valence-corrected chi connectivity index (χ4v) is 4.92. The number of benzene rings is 3. The van der Waals surface area contributed by atoms with Crippen molar-refractivity contribution in [2.45, 2.75) is 23.9 Å². The Morgan fingerprint density at radius 3 is 2.12 bits per heavy atom. The lowest BCUT2D eigenvalue weighted by atomic mass is 10.1. The van der Waals surface area contributed by atoms with E-state index in [1.54, 1.807) is 54.7 Å². The molecule has 3 aromatic carbocycles. The molecule has 0 saturated heterocycles. The van der Waals surface area contributed by atoms with Crippen molar-refractivity contribution < 1.29 is 13.2 Å². The zero-order valence-electron chi connectivity index (χ0n) is 17.5. The first-order valence-corrected chi connectivity index (χ1v) is 11.7. The first-order chi connectivity index (χ1) is 15.5. The lowest BCUT2D eigenvalue weighted by Crippen LogP contribution is -2.41. The molecule has 0 bridgehead atoms. The summed E-state index contributed by atoms with van der Waals surface area (Å²) in [6, 6.07) is 25.4. The number of pyridine rings is 1. The van der Waals surface area contributed by atoms with Crippen LogP contribution in [-0.4, -0.2) is 19.3 Å². The second-order valence-electron chi connectivity index (χ2n) is 7.44. The summed E-state index contributed by atoms with van der Waals surface area (Å²) >= 11 is 0. The number of hydrogen-bond donors (Lipinski definition) is 2. The normalized spacial score (nSPS) is 13.4. The third kappa shape index (κ3) is 4.69. The Kier molecular flexibility index (Phi) is 6.30. The highest BCUT2D eigenvalue weighted by molar-refractivity contribution is 7.89. The third-order valence-corrected chi connectivity index (χ3v) is 6.67. The minimum Gasteiger partial charge on any atom is -0.348 e. The van der Waals surface area contributed by atoms with Crippen molar-refractivity contribution in [2.24, 2.45) is 0 Å². The number of para-hydroxylation sites is 1. The van der Waals surface area contributed by atoms with E-state index >= 15 is 0 Å². The van der Waals surface area contributed by atoms with Crippen LogP contribution in [0.5, 0.6) is 0 Å². The van der Waals surface area contributed by atoms with Gasteiger partial charge in [0.15, 0.2) is 0 Å². The molecule has 0 spiro atoms. The Morgan fingerprint density at radius 1 is 0.812 bits per heavy atom. The number of amides is 1. The van der Waals surface area contributed by atoms with Gasteiger partial charge in [-0.3, -0.25) is 9.78 Å². The van der Waals surface area contributed by atoms with E-state index in [9.17, 15) is 13.2 Å². The largest absolute Gasteiger partial charge is 0.348 e. The topological polar surface area (TPSA) is 88.2 Å². The molecule has 2 atom stereocenters. The maximum absolute atomic E-state index is 13.4. The van der Waals surface area contributed by atoms with Gasteiger partial charge >= 0.3 is 0 Å². The summed E-state index contributed by atoms with van der Waals surface area (Å²) in [5.74, 6) is -0.440. The number of nitrogens with zero attached hydrogens (tertiary/aromatic N) is 1. The van der Waals surface area contributed by atoms with Crippen molar-refractivity contribution in [3.8, 4) is 0 Å². The molecular weight excluding hydrogens is 422 g/mol. The fraction of sp³-hybridized carbons (Fsp3) is 0.120. The van der Waals surface area contributed by atoms with Crippen LogP contribution in [0, 0.1) is 0 Å². The molecule has 1 amide bonds. The van der Waals surface area contributed by atoms with E-state index in [1.807, 2.05) is 43.3 Å². The number of nitrogens with one attached hydrogen (secondary N) is 2. The summed E-state index contributed by atoms with van der Waals surface area (Å²) in [5.41, 5.74) is 1.82. The maximum Gasteiger partial charge on any atom is 0.243 e. The molecule has 0 aliphatic heterocycles. The molecule has 162 valence electrons. The molecule has 4 aromatic rings. The first kappa shape index (κ1) is 21.7. The second kappa shape index (κ2) is 9.30. The van der Waals surface area contributed by atoms with Crippen molar-refractivity contribution >= 4 is 26.8 Å². The Labute approximate surface area is 187 Å². The number of carbonyl (C=O) groups excluding carboxylic acids is 1. The van der Waals surface area contributed by atoms with Crippen LogP contribution in [0.1, 0.15) is 30.1 Å². The molecule has 0 radical (unpaired) electrons. The Morgan fingerprint density at radius 2 is 1.44 bits per heavy atom. The molecule has 0 aliphatic carbocycles. The van der Waals surface area contributed by atoms with Crippen LogP contribution in [0.2, 0.25) is 0 Å². The molecule has 32 heavy (non-hydrogen) atoms. The van der Waals surface area contributed by atoms with Crippen molar-refractivity contribution in [3.05, 3.63) is 108 Å². The Hall–Kier alpha value is -3.55. The van der Waals surface area contributed by atoms with Crippen molar-refractivity contribution in [3.63, 3.8) is 0 Å². The Bertz CT molecular complexity index is 1320. The van der Waals surface area contributed by atoms with Crippen molar-refractivity contribution in [1.82, 2.24) is 15.0 Å². The molecule has 0 aliphatic rings. The van der Waals surface area contributed by atoms with Gasteiger partial charge in [-0.2, -0.15) is 4.72 Å². The standard InChI is InChI=1S/C25H23N3O3S/c1-18(19-10-4-2-5-11-19)27-25(29)24(21-12-6-3-7-13-21)28-32(30,31)22-16-8-14-20-15-9-17-26-23(20)22/h2-18,24,28H,1H3,(H,27,29)/t18-,24+/m0/s1. The van der Waals surface area contributed by atoms with Crippen molar-refractivity contribution in [2.75, 3.05) is 0 Å².